The summed E-state index contributed by atoms with van der Waals surface area (Å²) in [6.07, 6.45) is 46.0. The quantitative estimate of drug-likeness (QED) is 0.0495. The van der Waals surface area contributed by atoms with Crippen LogP contribution in [0.2, 0.25) is 0 Å². The Hall–Kier alpha value is -1.77. The van der Waals surface area contributed by atoms with Gasteiger partial charge in [0.15, 0.2) is 0 Å². The number of rotatable bonds is 42. The minimum absolute atomic E-state index is 0.518. The minimum Gasteiger partial charge on any atom is -0.395 e. The Bertz CT molecular complexity index is 1060. The van der Waals surface area contributed by atoms with Gasteiger partial charge < -0.3 is 9.05 Å². The smallest absolute Gasteiger partial charge is 0.395 e. The van der Waals surface area contributed by atoms with Gasteiger partial charge in [0.05, 0.1) is 5.60 Å². The first-order valence-electron chi connectivity index (χ1n) is 24.8. The van der Waals surface area contributed by atoms with E-state index in [1.807, 2.05) is 60.7 Å². The number of phosphoric ester groups is 1. The van der Waals surface area contributed by atoms with Crippen molar-refractivity contribution in [3.05, 3.63) is 60.7 Å². The van der Waals surface area contributed by atoms with Crippen LogP contribution in [0.3, 0.4) is 0 Å². The van der Waals surface area contributed by atoms with Gasteiger partial charge in [0, 0.05) is 0 Å². The molecule has 0 heterocycles. The van der Waals surface area contributed by atoms with E-state index >= 15 is 4.57 Å². The van der Waals surface area contributed by atoms with Crippen LogP contribution in [0, 0.1) is 0 Å². The number of phosphoric acid groups is 1. The Kier molecular flexibility index (Phi) is 32.5. The molecule has 4 nitrogen and oxygen atoms in total. The second kappa shape index (κ2) is 36.1. The summed E-state index contributed by atoms with van der Waals surface area (Å²) in [5.74, 6) is 1.04. The summed E-state index contributed by atoms with van der Waals surface area (Å²) in [6, 6.07) is 19.0. The van der Waals surface area contributed by atoms with Gasteiger partial charge in [0.2, 0.25) is 0 Å². The summed E-state index contributed by atoms with van der Waals surface area (Å²) >= 11 is 0. The van der Waals surface area contributed by atoms with Crippen LogP contribution in [0.1, 0.15) is 252 Å². The summed E-state index contributed by atoms with van der Waals surface area (Å²) < 4.78 is 34.6. The van der Waals surface area contributed by atoms with E-state index in [0.717, 1.165) is 38.5 Å². The molecule has 0 aromatic heterocycles. The number of para-hydroxylation sites is 2. The van der Waals surface area contributed by atoms with Gasteiger partial charge in [-0.2, -0.15) is 0 Å². The highest BCUT2D eigenvalue weighted by Crippen LogP contribution is 2.55. The molecule has 0 radical (unpaired) electrons. The third-order valence-electron chi connectivity index (χ3n) is 11.9. The maximum absolute atomic E-state index is 15.0. The van der Waals surface area contributed by atoms with Crippen molar-refractivity contribution in [2.24, 2.45) is 0 Å². The Labute approximate surface area is 354 Å². The molecule has 0 fully saturated rings. The lowest BCUT2D eigenvalue weighted by Crippen LogP contribution is -2.33. The van der Waals surface area contributed by atoms with Crippen LogP contribution in [-0.4, -0.2) is 5.60 Å². The zero-order valence-corrected chi connectivity index (χ0v) is 38.7. The highest BCUT2D eigenvalue weighted by molar-refractivity contribution is 7.49. The summed E-state index contributed by atoms with van der Waals surface area (Å²) in [4.78, 5) is 0. The predicted octanol–water partition coefficient (Wildman–Crippen LogP) is 19.1. The topological polar surface area (TPSA) is 44.8 Å². The second-order valence-corrected chi connectivity index (χ2v) is 18.8. The number of benzene rings is 2. The number of hydrogen-bond acceptors (Lipinski definition) is 4. The molecule has 2 aromatic rings. The normalized spacial score (nSPS) is 12.0. The van der Waals surface area contributed by atoms with E-state index in [2.05, 4.69) is 20.8 Å². The monoisotopic (exact) mass is 811 g/mol. The summed E-state index contributed by atoms with van der Waals surface area (Å²) in [5.41, 5.74) is -0.545. The highest BCUT2D eigenvalue weighted by atomic mass is 31.2. The molecule has 0 N–H and O–H groups in total. The van der Waals surface area contributed by atoms with Crippen molar-refractivity contribution in [1.29, 1.82) is 0 Å². The van der Waals surface area contributed by atoms with Crippen LogP contribution in [-0.2, 0) is 9.09 Å². The third kappa shape index (κ3) is 28.4. The molecule has 0 amide bonds. The Balaban J connectivity index is 2.14. The molecule has 0 unspecified atom stereocenters. The SMILES string of the molecule is CCCCCCCCCCCCCC(CCCCCCCCCCCCC)(CCCCCCCCCCCCC)OP(=O)(Oc1ccccc1)Oc1ccccc1. The fraction of sp³-hybridized carbons (Fsp3) is 0.769. The van der Waals surface area contributed by atoms with Crippen LogP contribution < -0.4 is 9.05 Å². The minimum atomic E-state index is -4.03. The lowest BCUT2D eigenvalue weighted by Gasteiger charge is -2.36. The van der Waals surface area contributed by atoms with Gasteiger partial charge in [0.1, 0.15) is 11.5 Å². The lowest BCUT2D eigenvalue weighted by molar-refractivity contribution is 0.00982. The lowest BCUT2D eigenvalue weighted by atomic mass is 9.85. The van der Waals surface area contributed by atoms with Crippen molar-refractivity contribution in [3.63, 3.8) is 0 Å². The molecule has 328 valence electrons. The predicted molar refractivity (Wildman–Crippen MR) is 249 cm³/mol. The molecule has 0 bridgehead atoms. The maximum Gasteiger partial charge on any atom is 0.588 e. The largest absolute Gasteiger partial charge is 0.588 e. The maximum atomic E-state index is 15.0. The van der Waals surface area contributed by atoms with Crippen LogP contribution in [0.4, 0.5) is 0 Å². The Morgan fingerprint density at radius 2 is 0.579 bits per heavy atom. The molecule has 0 saturated heterocycles. The molecule has 0 spiro atoms. The van der Waals surface area contributed by atoms with Crippen molar-refractivity contribution in [2.45, 2.75) is 258 Å². The number of unbranched alkanes of at least 4 members (excludes halogenated alkanes) is 30. The molecule has 2 aromatic carbocycles. The molecule has 0 atom stereocenters. The molecule has 0 aliphatic rings. The molecular formula is C52H91O4P. The van der Waals surface area contributed by atoms with E-state index in [9.17, 15) is 0 Å². The van der Waals surface area contributed by atoms with E-state index < -0.39 is 13.4 Å². The molecule has 57 heavy (non-hydrogen) atoms. The van der Waals surface area contributed by atoms with Crippen LogP contribution in [0.15, 0.2) is 60.7 Å². The van der Waals surface area contributed by atoms with Gasteiger partial charge in [-0.05, 0) is 43.5 Å². The van der Waals surface area contributed by atoms with Crippen molar-refractivity contribution < 1.29 is 18.1 Å². The fourth-order valence-corrected chi connectivity index (χ4v) is 9.98. The van der Waals surface area contributed by atoms with E-state index in [0.29, 0.717) is 11.5 Å². The molecule has 0 aliphatic heterocycles. The van der Waals surface area contributed by atoms with Gasteiger partial charge in [-0.15, -0.1) is 0 Å². The third-order valence-corrected chi connectivity index (χ3v) is 13.4. The molecule has 5 heteroatoms. The van der Waals surface area contributed by atoms with Crippen molar-refractivity contribution >= 4 is 7.82 Å². The summed E-state index contributed by atoms with van der Waals surface area (Å²) in [7, 11) is -4.03. The van der Waals surface area contributed by atoms with Crippen LogP contribution in [0.25, 0.3) is 0 Å². The van der Waals surface area contributed by atoms with E-state index in [1.165, 1.54) is 193 Å². The average Bonchev–Trinajstić information content (AvgIpc) is 3.21. The molecule has 2 rings (SSSR count). The average molecular weight is 811 g/mol. The van der Waals surface area contributed by atoms with Gasteiger partial charge in [0.25, 0.3) is 0 Å². The number of hydrogen-bond donors (Lipinski definition) is 0. The first-order chi connectivity index (χ1) is 28.0. The van der Waals surface area contributed by atoms with Gasteiger partial charge >= 0.3 is 7.82 Å². The van der Waals surface area contributed by atoms with Crippen molar-refractivity contribution in [2.75, 3.05) is 0 Å². The van der Waals surface area contributed by atoms with Gasteiger partial charge in [-0.1, -0.05) is 269 Å². The van der Waals surface area contributed by atoms with Crippen LogP contribution >= 0.6 is 7.82 Å². The second-order valence-electron chi connectivity index (χ2n) is 17.4. The first-order valence-corrected chi connectivity index (χ1v) is 26.3. The van der Waals surface area contributed by atoms with E-state index in [-0.39, 0.29) is 0 Å². The highest BCUT2D eigenvalue weighted by Gasteiger charge is 2.43. The van der Waals surface area contributed by atoms with E-state index in [4.69, 9.17) is 13.6 Å². The fourth-order valence-electron chi connectivity index (χ4n) is 8.36. The van der Waals surface area contributed by atoms with Crippen molar-refractivity contribution in [3.8, 4) is 11.5 Å². The summed E-state index contributed by atoms with van der Waals surface area (Å²) in [5, 5.41) is 0. The van der Waals surface area contributed by atoms with E-state index in [1.54, 1.807) is 0 Å². The zero-order chi connectivity index (χ0) is 40.8. The van der Waals surface area contributed by atoms with Gasteiger partial charge in [-0.25, -0.2) is 4.57 Å². The van der Waals surface area contributed by atoms with Crippen LogP contribution in [0.5, 0.6) is 11.5 Å². The summed E-state index contributed by atoms with van der Waals surface area (Å²) in [6.45, 7) is 6.88. The van der Waals surface area contributed by atoms with Crippen molar-refractivity contribution in [1.82, 2.24) is 0 Å². The zero-order valence-electron chi connectivity index (χ0n) is 37.8. The Morgan fingerprint density at radius 1 is 0.351 bits per heavy atom. The molecule has 0 aliphatic carbocycles. The first kappa shape index (κ1) is 51.4. The molecule has 0 saturated carbocycles. The van der Waals surface area contributed by atoms with Gasteiger partial charge in [-0.3, -0.25) is 4.52 Å². The standard InChI is InChI=1S/C52H91O4P/c1-4-7-10-13-16-19-22-25-28-31-40-47-52(48-41-32-29-26-23-20-17-14-11-8-5-2,49-42-33-30-27-24-21-18-15-12-9-6-3)56-57(53,54-50-43-36-34-37-44-50)55-51-45-38-35-39-46-51/h34-39,43-46H,4-33,40-42,47-49H2,1-3H3. The Morgan fingerprint density at radius 3 is 0.825 bits per heavy atom. The molecular weight excluding hydrogens is 720 g/mol.